The Balaban J connectivity index is 1.39. The Morgan fingerprint density at radius 1 is 1.16 bits per heavy atom. The maximum Gasteiger partial charge on any atom is 0.264 e. The third-order valence-corrected chi connectivity index (χ3v) is 9.93. The first-order valence-corrected chi connectivity index (χ1v) is 12.3. The zero-order chi connectivity index (χ0) is 22.4. The van der Waals surface area contributed by atoms with Crippen molar-refractivity contribution in [1.82, 2.24) is 0 Å². The standard InChI is InChI=1S/C28H34O4/c1-18-15-24-22-10-9-19-16-20(29)11-13-25(19,2)23(22)12-14-26(24,3)28(18,30)27(17-31-27)32-21-7-5-4-6-8-21/h4-8,12,16,18,22,24,30H,9-11,13-15,17H2,1-3H3/t18-,22-,24+,25+,26+,27?,28-/m1/s1. The molecule has 4 nitrogen and oxygen atoms in total. The molecule has 0 aromatic heterocycles. The van der Waals surface area contributed by atoms with E-state index in [-0.39, 0.29) is 22.5 Å². The van der Waals surface area contributed by atoms with Crippen molar-refractivity contribution in [3.8, 4) is 5.75 Å². The second-order valence-electron chi connectivity index (χ2n) is 11.4. The summed E-state index contributed by atoms with van der Waals surface area (Å²) in [4.78, 5) is 12.1. The Morgan fingerprint density at radius 3 is 2.62 bits per heavy atom. The van der Waals surface area contributed by atoms with Crippen LogP contribution in [0.25, 0.3) is 0 Å². The van der Waals surface area contributed by atoms with E-state index in [2.05, 4.69) is 26.8 Å². The van der Waals surface area contributed by atoms with E-state index in [1.165, 1.54) is 11.1 Å². The van der Waals surface area contributed by atoms with Gasteiger partial charge in [-0.05, 0) is 68.1 Å². The van der Waals surface area contributed by atoms with Gasteiger partial charge in [-0.15, -0.1) is 0 Å². The molecule has 1 aliphatic heterocycles. The van der Waals surface area contributed by atoms with Gasteiger partial charge in [0.05, 0.1) is 0 Å². The SMILES string of the molecule is C[C@@H]1C[C@H]2[C@@H]3CCC4=CC(=O)CC[C@]4(C)C3=CC[C@]2(C)[C@@]1(O)C1(Oc2ccccc2)CO1. The predicted molar refractivity (Wildman–Crippen MR) is 122 cm³/mol. The lowest BCUT2D eigenvalue weighted by Gasteiger charge is -2.55. The van der Waals surface area contributed by atoms with Crippen molar-refractivity contribution in [2.45, 2.75) is 70.7 Å². The molecule has 1 aromatic carbocycles. The van der Waals surface area contributed by atoms with E-state index in [1.54, 1.807) is 0 Å². The average Bonchev–Trinajstić information content (AvgIpc) is 3.52. The van der Waals surface area contributed by atoms with E-state index in [0.29, 0.717) is 24.9 Å². The summed E-state index contributed by atoms with van der Waals surface area (Å²) in [5.74, 6) is 0.980. The highest BCUT2D eigenvalue weighted by Gasteiger charge is 2.78. The summed E-state index contributed by atoms with van der Waals surface area (Å²) in [6.45, 7) is 7.22. The van der Waals surface area contributed by atoms with Gasteiger partial charge in [0.1, 0.15) is 18.0 Å². The number of para-hydroxylation sites is 1. The molecule has 7 atom stereocenters. The lowest BCUT2D eigenvalue weighted by atomic mass is 9.50. The van der Waals surface area contributed by atoms with Gasteiger partial charge >= 0.3 is 0 Å². The molecule has 2 saturated carbocycles. The van der Waals surface area contributed by atoms with Crippen molar-refractivity contribution >= 4 is 5.78 Å². The number of carbonyl (C=O) groups is 1. The summed E-state index contributed by atoms with van der Waals surface area (Å²) in [6, 6.07) is 9.75. The summed E-state index contributed by atoms with van der Waals surface area (Å²) in [7, 11) is 0. The van der Waals surface area contributed by atoms with Crippen LogP contribution in [0.4, 0.5) is 0 Å². The van der Waals surface area contributed by atoms with Crippen LogP contribution in [0.15, 0.2) is 53.6 Å². The number of fused-ring (bicyclic) bond motifs is 5. The molecule has 0 amide bonds. The van der Waals surface area contributed by atoms with E-state index in [9.17, 15) is 9.90 Å². The number of hydrogen-bond donors (Lipinski definition) is 1. The monoisotopic (exact) mass is 434 g/mol. The lowest BCUT2D eigenvalue weighted by molar-refractivity contribution is -0.208. The minimum Gasteiger partial charge on any atom is -0.457 e. The van der Waals surface area contributed by atoms with E-state index in [4.69, 9.17) is 9.47 Å². The molecule has 0 bridgehead atoms. The molecule has 3 fully saturated rings. The Morgan fingerprint density at radius 2 is 1.91 bits per heavy atom. The quantitative estimate of drug-likeness (QED) is 0.523. The summed E-state index contributed by atoms with van der Waals surface area (Å²) in [5, 5.41) is 12.5. The van der Waals surface area contributed by atoms with Crippen molar-refractivity contribution in [1.29, 1.82) is 0 Å². The van der Waals surface area contributed by atoms with Crippen LogP contribution in [0, 0.1) is 28.6 Å². The summed E-state index contributed by atoms with van der Waals surface area (Å²) >= 11 is 0. The predicted octanol–water partition coefficient (Wildman–Crippen LogP) is 5.22. The van der Waals surface area contributed by atoms with Crippen molar-refractivity contribution in [2.75, 3.05) is 6.61 Å². The van der Waals surface area contributed by atoms with Gasteiger partial charge in [0, 0.05) is 17.3 Å². The molecule has 6 rings (SSSR count). The molecule has 0 spiro atoms. The molecule has 4 aliphatic carbocycles. The summed E-state index contributed by atoms with van der Waals surface area (Å²) in [5.41, 5.74) is 1.50. The topological polar surface area (TPSA) is 59.1 Å². The van der Waals surface area contributed by atoms with Gasteiger partial charge in [0.15, 0.2) is 5.78 Å². The first-order chi connectivity index (χ1) is 15.2. The van der Waals surface area contributed by atoms with Crippen LogP contribution in [0.1, 0.15) is 59.3 Å². The van der Waals surface area contributed by atoms with Gasteiger partial charge in [0.25, 0.3) is 5.79 Å². The Labute approximate surface area is 190 Å². The number of ketones is 1. The van der Waals surface area contributed by atoms with Gasteiger partial charge < -0.3 is 14.6 Å². The highest BCUT2D eigenvalue weighted by molar-refractivity contribution is 5.92. The minimum atomic E-state index is -1.05. The van der Waals surface area contributed by atoms with Crippen molar-refractivity contribution in [3.63, 3.8) is 0 Å². The van der Waals surface area contributed by atoms with Crippen LogP contribution in [0.3, 0.4) is 0 Å². The number of aliphatic hydroxyl groups is 1. The maximum absolute atomic E-state index is 12.5. The fraction of sp³-hybridized carbons (Fsp3) is 0.607. The van der Waals surface area contributed by atoms with E-state index in [0.717, 1.165) is 37.9 Å². The second-order valence-corrected chi connectivity index (χ2v) is 11.4. The maximum atomic E-state index is 12.5. The van der Waals surface area contributed by atoms with Gasteiger partial charge in [-0.1, -0.05) is 56.2 Å². The molecule has 170 valence electrons. The number of carbonyl (C=O) groups excluding carboxylic acids is 1. The van der Waals surface area contributed by atoms with E-state index < -0.39 is 11.4 Å². The molecule has 5 aliphatic rings. The Bertz CT molecular complexity index is 1020. The van der Waals surface area contributed by atoms with Crippen LogP contribution in [-0.2, 0) is 9.53 Å². The molecule has 1 heterocycles. The fourth-order valence-corrected chi connectivity index (χ4v) is 8.11. The number of allylic oxidation sites excluding steroid dienone is 4. The van der Waals surface area contributed by atoms with Gasteiger partial charge in [-0.2, -0.15) is 0 Å². The fourth-order valence-electron chi connectivity index (χ4n) is 8.11. The third-order valence-electron chi connectivity index (χ3n) is 9.93. The molecule has 1 aromatic rings. The third kappa shape index (κ3) is 2.48. The summed E-state index contributed by atoms with van der Waals surface area (Å²) < 4.78 is 12.4. The highest BCUT2D eigenvalue weighted by Crippen LogP contribution is 2.70. The zero-order valence-corrected chi connectivity index (χ0v) is 19.4. The lowest BCUT2D eigenvalue weighted by Crippen LogP contribution is -2.62. The van der Waals surface area contributed by atoms with Gasteiger partial charge in [0.2, 0.25) is 0 Å². The average molecular weight is 435 g/mol. The zero-order valence-electron chi connectivity index (χ0n) is 19.4. The largest absolute Gasteiger partial charge is 0.457 e. The number of hydrogen-bond acceptors (Lipinski definition) is 4. The van der Waals surface area contributed by atoms with Crippen LogP contribution in [0.5, 0.6) is 5.75 Å². The van der Waals surface area contributed by atoms with Crippen LogP contribution in [0.2, 0.25) is 0 Å². The summed E-state index contributed by atoms with van der Waals surface area (Å²) in [6.07, 6.45) is 9.79. The number of ether oxygens (including phenoxy) is 2. The van der Waals surface area contributed by atoms with Crippen molar-refractivity contribution in [3.05, 3.63) is 53.6 Å². The smallest absolute Gasteiger partial charge is 0.264 e. The molecule has 1 saturated heterocycles. The molecular formula is C28H34O4. The molecule has 1 N–H and O–H groups in total. The minimum absolute atomic E-state index is 0.0103. The number of epoxide rings is 1. The van der Waals surface area contributed by atoms with E-state index in [1.807, 2.05) is 36.4 Å². The van der Waals surface area contributed by atoms with Gasteiger partial charge in [-0.3, -0.25) is 4.79 Å². The first-order valence-electron chi connectivity index (χ1n) is 12.3. The molecular weight excluding hydrogens is 400 g/mol. The molecule has 32 heavy (non-hydrogen) atoms. The van der Waals surface area contributed by atoms with Crippen LogP contribution >= 0.6 is 0 Å². The normalized spacial score (nSPS) is 47.0. The van der Waals surface area contributed by atoms with Gasteiger partial charge in [-0.25, -0.2) is 0 Å². The Kier molecular flexibility index (Phi) is 4.25. The highest BCUT2D eigenvalue weighted by atomic mass is 16.8. The molecule has 1 unspecified atom stereocenters. The van der Waals surface area contributed by atoms with Crippen molar-refractivity contribution < 1.29 is 19.4 Å². The number of rotatable bonds is 3. The van der Waals surface area contributed by atoms with Crippen molar-refractivity contribution in [2.24, 2.45) is 28.6 Å². The first kappa shape index (κ1) is 20.7. The number of benzene rings is 1. The van der Waals surface area contributed by atoms with Crippen LogP contribution in [-0.4, -0.2) is 28.9 Å². The van der Waals surface area contributed by atoms with E-state index >= 15 is 0 Å². The molecule has 4 heteroatoms. The van der Waals surface area contributed by atoms with Crippen LogP contribution < -0.4 is 4.74 Å². The Hall–Kier alpha value is -1.91. The second kappa shape index (κ2) is 6.57. The molecule has 0 radical (unpaired) electrons.